The highest BCUT2D eigenvalue weighted by Gasteiger charge is 2.18. The summed E-state index contributed by atoms with van der Waals surface area (Å²) < 4.78 is 0. The molecule has 1 aliphatic rings. The van der Waals surface area contributed by atoms with Crippen LogP contribution in [0.4, 0.5) is 0 Å². The molecule has 0 fully saturated rings. The summed E-state index contributed by atoms with van der Waals surface area (Å²) in [6.45, 7) is 11.4. The maximum atomic E-state index is 2.34. The number of hydrogen-bond acceptors (Lipinski definition) is 0. The molecule has 0 aliphatic heterocycles. The number of rotatable bonds is 1. The predicted molar refractivity (Wildman–Crippen MR) is 55.1 cm³/mol. The van der Waals surface area contributed by atoms with Gasteiger partial charge in [-0.05, 0) is 32.1 Å². The summed E-state index contributed by atoms with van der Waals surface area (Å²) in [5.41, 5.74) is 4.69. The van der Waals surface area contributed by atoms with Gasteiger partial charge in [-0.15, -0.1) is 0 Å². The zero-order chi connectivity index (χ0) is 9.30. The van der Waals surface area contributed by atoms with Crippen LogP contribution in [-0.4, -0.2) is 0 Å². The molecule has 0 bridgehead atoms. The highest BCUT2D eigenvalue weighted by atomic mass is 14.2. The third-order valence-electron chi connectivity index (χ3n) is 2.70. The zero-order valence-corrected chi connectivity index (χ0v) is 8.94. The average Bonchev–Trinajstić information content (AvgIpc) is 1.82. The second-order valence-electron chi connectivity index (χ2n) is 4.39. The molecule has 0 amide bonds. The van der Waals surface area contributed by atoms with E-state index < -0.39 is 0 Å². The second kappa shape index (κ2) is 3.47. The van der Waals surface area contributed by atoms with Gasteiger partial charge in [-0.25, -0.2) is 0 Å². The van der Waals surface area contributed by atoms with Gasteiger partial charge in [0.2, 0.25) is 0 Å². The maximum Gasteiger partial charge on any atom is -0.0186 e. The van der Waals surface area contributed by atoms with Gasteiger partial charge in [0.25, 0.3) is 0 Å². The minimum absolute atomic E-state index is 0.712. The molecule has 0 heterocycles. The maximum absolute atomic E-state index is 2.34. The van der Waals surface area contributed by atoms with Gasteiger partial charge in [0.1, 0.15) is 0 Å². The minimum Gasteiger partial charge on any atom is -0.0725 e. The minimum atomic E-state index is 0.712. The molecule has 0 aromatic rings. The standard InChI is InChI=1S/C12H20/c1-8(2)12-10(4)6-9(3)7-11(12)5/h6,8,11H,7H2,1-5H3. The molecule has 0 saturated carbocycles. The van der Waals surface area contributed by atoms with Crippen LogP contribution in [0, 0.1) is 11.8 Å². The molecule has 0 radical (unpaired) electrons. The molecule has 12 heavy (non-hydrogen) atoms. The Morgan fingerprint density at radius 1 is 1.33 bits per heavy atom. The topological polar surface area (TPSA) is 0 Å². The Hall–Kier alpha value is -0.520. The molecule has 68 valence electrons. The van der Waals surface area contributed by atoms with E-state index in [0.717, 1.165) is 5.92 Å². The van der Waals surface area contributed by atoms with Crippen molar-refractivity contribution in [2.45, 2.75) is 41.0 Å². The van der Waals surface area contributed by atoms with Gasteiger partial charge in [-0.1, -0.05) is 43.6 Å². The predicted octanol–water partition coefficient (Wildman–Crippen LogP) is 3.95. The first-order chi connectivity index (χ1) is 5.52. The fraction of sp³-hybridized carbons (Fsp3) is 0.667. The fourth-order valence-corrected chi connectivity index (χ4v) is 2.52. The van der Waals surface area contributed by atoms with E-state index in [1.54, 1.807) is 5.57 Å². The lowest BCUT2D eigenvalue weighted by Gasteiger charge is -2.26. The Morgan fingerprint density at radius 3 is 2.33 bits per heavy atom. The molecule has 0 N–H and O–H groups in total. The molecular formula is C12H20. The third-order valence-corrected chi connectivity index (χ3v) is 2.70. The first kappa shape index (κ1) is 9.57. The van der Waals surface area contributed by atoms with E-state index in [2.05, 4.69) is 40.7 Å². The molecule has 1 rings (SSSR count). The van der Waals surface area contributed by atoms with Crippen LogP contribution in [0.2, 0.25) is 0 Å². The highest BCUT2D eigenvalue weighted by molar-refractivity contribution is 5.33. The average molecular weight is 164 g/mol. The number of hydrogen-bond donors (Lipinski definition) is 0. The number of allylic oxidation sites excluding steroid dienone is 4. The summed E-state index contributed by atoms with van der Waals surface area (Å²) in [6, 6.07) is 0. The lowest BCUT2D eigenvalue weighted by Crippen LogP contribution is -2.11. The van der Waals surface area contributed by atoms with Crippen molar-refractivity contribution in [3.05, 3.63) is 22.8 Å². The molecule has 0 heteroatoms. The monoisotopic (exact) mass is 164 g/mol. The van der Waals surface area contributed by atoms with Gasteiger partial charge in [-0.2, -0.15) is 0 Å². The molecule has 1 atom stereocenters. The zero-order valence-electron chi connectivity index (χ0n) is 8.94. The Morgan fingerprint density at radius 2 is 1.92 bits per heavy atom. The molecule has 1 aliphatic carbocycles. The van der Waals surface area contributed by atoms with Crippen molar-refractivity contribution in [2.75, 3.05) is 0 Å². The van der Waals surface area contributed by atoms with Crippen molar-refractivity contribution in [1.82, 2.24) is 0 Å². The van der Waals surface area contributed by atoms with E-state index in [-0.39, 0.29) is 0 Å². The molecule has 0 nitrogen and oxygen atoms in total. The Kier molecular flexibility index (Phi) is 2.76. The molecule has 0 spiro atoms. The highest BCUT2D eigenvalue weighted by Crippen LogP contribution is 2.33. The summed E-state index contributed by atoms with van der Waals surface area (Å²) in [4.78, 5) is 0. The summed E-state index contributed by atoms with van der Waals surface area (Å²) in [6.07, 6.45) is 3.60. The van der Waals surface area contributed by atoms with E-state index in [1.807, 2.05) is 0 Å². The third kappa shape index (κ3) is 1.80. The molecule has 0 aromatic heterocycles. The summed E-state index contributed by atoms with van der Waals surface area (Å²) >= 11 is 0. The summed E-state index contributed by atoms with van der Waals surface area (Å²) in [7, 11) is 0. The fourth-order valence-electron chi connectivity index (χ4n) is 2.52. The van der Waals surface area contributed by atoms with Crippen LogP contribution in [0.5, 0.6) is 0 Å². The first-order valence-corrected chi connectivity index (χ1v) is 4.90. The van der Waals surface area contributed by atoms with Crippen LogP contribution in [0.25, 0.3) is 0 Å². The van der Waals surface area contributed by atoms with Crippen LogP contribution in [0.1, 0.15) is 41.0 Å². The van der Waals surface area contributed by atoms with Crippen molar-refractivity contribution in [1.29, 1.82) is 0 Å². The molecule has 1 unspecified atom stereocenters. The van der Waals surface area contributed by atoms with Crippen molar-refractivity contribution in [3.63, 3.8) is 0 Å². The van der Waals surface area contributed by atoms with Crippen molar-refractivity contribution < 1.29 is 0 Å². The summed E-state index contributed by atoms with van der Waals surface area (Å²) in [5, 5.41) is 0. The van der Waals surface area contributed by atoms with E-state index in [4.69, 9.17) is 0 Å². The van der Waals surface area contributed by atoms with Crippen LogP contribution in [0.15, 0.2) is 22.8 Å². The van der Waals surface area contributed by atoms with Crippen molar-refractivity contribution in [3.8, 4) is 0 Å². The van der Waals surface area contributed by atoms with Gasteiger partial charge >= 0.3 is 0 Å². The SMILES string of the molecule is CC1=CC(C)=C(C(C)C)C(C)C1. The Balaban J connectivity index is 2.99. The Bertz CT molecular complexity index is 228. The van der Waals surface area contributed by atoms with Gasteiger partial charge in [0.15, 0.2) is 0 Å². The van der Waals surface area contributed by atoms with Crippen LogP contribution in [0.3, 0.4) is 0 Å². The van der Waals surface area contributed by atoms with Crippen molar-refractivity contribution >= 4 is 0 Å². The van der Waals surface area contributed by atoms with E-state index in [1.165, 1.54) is 17.6 Å². The molecular weight excluding hydrogens is 144 g/mol. The normalized spacial score (nSPS) is 24.8. The second-order valence-corrected chi connectivity index (χ2v) is 4.39. The van der Waals surface area contributed by atoms with Crippen molar-refractivity contribution in [2.24, 2.45) is 11.8 Å². The lowest BCUT2D eigenvalue weighted by molar-refractivity contribution is 0.562. The smallest absolute Gasteiger partial charge is 0.0186 e. The first-order valence-electron chi connectivity index (χ1n) is 4.90. The van der Waals surface area contributed by atoms with Crippen LogP contribution in [-0.2, 0) is 0 Å². The summed E-state index contributed by atoms with van der Waals surface area (Å²) in [5.74, 6) is 1.47. The Labute approximate surface area is 76.4 Å². The largest absolute Gasteiger partial charge is 0.0725 e. The quantitative estimate of drug-likeness (QED) is 0.550. The molecule has 0 saturated heterocycles. The van der Waals surface area contributed by atoms with Gasteiger partial charge in [0, 0.05) is 0 Å². The van der Waals surface area contributed by atoms with Gasteiger partial charge < -0.3 is 0 Å². The lowest BCUT2D eigenvalue weighted by atomic mass is 9.80. The van der Waals surface area contributed by atoms with Gasteiger partial charge in [-0.3, -0.25) is 0 Å². The van der Waals surface area contributed by atoms with Crippen LogP contribution >= 0.6 is 0 Å². The van der Waals surface area contributed by atoms with Crippen LogP contribution < -0.4 is 0 Å². The van der Waals surface area contributed by atoms with Gasteiger partial charge in [0.05, 0.1) is 0 Å². The van der Waals surface area contributed by atoms with E-state index >= 15 is 0 Å². The van der Waals surface area contributed by atoms with E-state index in [0.29, 0.717) is 5.92 Å². The molecule has 0 aromatic carbocycles. The van der Waals surface area contributed by atoms with E-state index in [9.17, 15) is 0 Å².